The van der Waals surface area contributed by atoms with Gasteiger partial charge in [0.25, 0.3) is 0 Å². The number of rotatable bonds is 5. The molecule has 3 rings (SSSR count). The van der Waals surface area contributed by atoms with E-state index < -0.39 is 0 Å². The molecule has 0 aliphatic carbocycles. The molecule has 0 fully saturated rings. The fraction of sp³-hybridized carbons (Fsp3) is 0.429. The zero-order valence-electron chi connectivity index (χ0n) is 14.7. The fourth-order valence-corrected chi connectivity index (χ4v) is 4.57. The SMILES string of the molecule is COc1ccc2sc3cc(C(CC(C)C)C(C)C)ccc3c2c1. The molecule has 1 atom stereocenters. The standard InChI is InChI=1S/C21H26OS/c1-13(2)10-18(14(3)4)15-6-8-17-19-12-16(22-5)7-9-20(19)23-21(17)11-15/h6-9,11-14,18H,10H2,1-5H3. The first-order valence-corrected chi connectivity index (χ1v) is 9.31. The van der Waals surface area contributed by atoms with Crippen molar-refractivity contribution in [2.24, 2.45) is 11.8 Å². The highest BCUT2D eigenvalue weighted by atomic mass is 32.1. The summed E-state index contributed by atoms with van der Waals surface area (Å²) < 4.78 is 8.11. The normalized spacial score (nSPS) is 13.3. The van der Waals surface area contributed by atoms with Gasteiger partial charge in [-0.05, 0) is 54.0 Å². The molecule has 1 nitrogen and oxygen atoms in total. The highest BCUT2D eigenvalue weighted by Gasteiger charge is 2.18. The van der Waals surface area contributed by atoms with Crippen LogP contribution < -0.4 is 4.74 Å². The van der Waals surface area contributed by atoms with Crippen molar-refractivity contribution in [2.45, 2.75) is 40.0 Å². The lowest BCUT2D eigenvalue weighted by Gasteiger charge is -2.23. The first kappa shape index (κ1) is 16.3. The summed E-state index contributed by atoms with van der Waals surface area (Å²) in [5.74, 6) is 2.97. The van der Waals surface area contributed by atoms with E-state index in [-0.39, 0.29) is 0 Å². The van der Waals surface area contributed by atoms with E-state index in [1.165, 1.54) is 32.2 Å². The quantitative estimate of drug-likeness (QED) is 0.498. The molecule has 0 amide bonds. The number of thiophene rings is 1. The van der Waals surface area contributed by atoms with E-state index in [9.17, 15) is 0 Å². The van der Waals surface area contributed by atoms with E-state index in [2.05, 4.69) is 58.0 Å². The molecule has 1 heterocycles. The lowest BCUT2D eigenvalue weighted by molar-refractivity contribution is 0.408. The van der Waals surface area contributed by atoms with Crippen molar-refractivity contribution in [3.8, 4) is 5.75 Å². The Morgan fingerprint density at radius 2 is 1.70 bits per heavy atom. The average Bonchev–Trinajstić information content (AvgIpc) is 2.88. The zero-order valence-corrected chi connectivity index (χ0v) is 15.5. The fourth-order valence-electron chi connectivity index (χ4n) is 3.43. The summed E-state index contributed by atoms with van der Waals surface area (Å²) in [7, 11) is 1.73. The minimum atomic E-state index is 0.638. The highest BCUT2D eigenvalue weighted by Crippen LogP contribution is 2.39. The first-order valence-electron chi connectivity index (χ1n) is 8.49. The summed E-state index contributed by atoms with van der Waals surface area (Å²) in [6.07, 6.45) is 1.25. The van der Waals surface area contributed by atoms with Gasteiger partial charge in [0.1, 0.15) is 5.75 Å². The van der Waals surface area contributed by atoms with Gasteiger partial charge >= 0.3 is 0 Å². The molecular weight excluding hydrogens is 300 g/mol. The highest BCUT2D eigenvalue weighted by molar-refractivity contribution is 7.25. The Hall–Kier alpha value is -1.54. The monoisotopic (exact) mass is 326 g/mol. The molecule has 1 unspecified atom stereocenters. The summed E-state index contributed by atoms with van der Waals surface area (Å²) in [5.41, 5.74) is 1.49. The molecule has 23 heavy (non-hydrogen) atoms. The molecule has 0 saturated carbocycles. The Balaban J connectivity index is 2.09. The molecule has 0 aliphatic rings. The maximum atomic E-state index is 5.38. The molecule has 0 radical (unpaired) electrons. The third-order valence-corrected chi connectivity index (χ3v) is 5.79. The predicted molar refractivity (Wildman–Crippen MR) is 103 cm³/mol. The van der Waals surface area contributed by atoms with Gasteiger partial charge in [0.2, 0.25) is 0 Å². The molecule has 0 spiro atoms. The van der Waals surface area contributed by atoms with Crippen molar-refractivity contribution in [1.29, 1.82) is 0 Å². The van der Waals surface area contributed by atoms with Crippen LogP contribution >= 0.6 is 11.3 Å². The van der Waals surface area contributed by atoms with Crippen molar-refractivity contribution in [1.82, 2.24) is 0 Å². The molecule has 0 bridgehead atoms. The van der Waals surface area contributed by atoms with Gasteiger partial charge in [-0.25, -0.2) is 0 Å². The molecule has 0 aliphatic heterocycles. The maximum Gasteiger partial charge on any atom is 0.119 e. The Morgan fingerprint density at radius 3 is 2.35 bits per heavy atom. The molecule has 2 aromatic carbocycles. The molecule has 2 heteroatoms. The van der Waals surface area contributed by atoms with Crippen LogP contribution in [0.15, 0.2) is 36.4 Å². The van der Waals surface area contributed by atoms with Crippen LogP contribution in [-0.4, -0.2) is 7.11 Å². The van der Waals surface area contributed by atoms with Crippen LogP contribution in [0.5, 0.6) is 5.75 Å². The van der Waals surface area contributed by atoms with Gasteiger partial charge in [-0.1, -0.05) is 39.8 Å². The van der Waals surface area contributed by atoms with Crippen molar-refractivity contribution in [3.05, 3.63) is 42.0 Å². The Labute approximate surface area is 143 Å². The van der Waals surface area contributed by atoms with Crippen molar-refractivity contribution in [3.63, 3.8) is 0 Å². The minimum Gasteiger partial charge on any atom is -0.497 e. The molecule has 0 saturated heterocycles. The van der Waals surface area contributed by atoms with Gasteiger partial charge in [0.15, 0.2) is 0 Å². The van der Waals surface area contributed by atoms with E-state index in [0.717, 1.165) is 11.7 Å². The van der Waals surface area contributed by atoms with Crippen molar-refractivity contribution < 1.29 is 4.74 Å². The van der Waals surface area contributed by atoms with Gasteiger partial charge in [0, 0.05) is 20.2 Å². The first-order chi connectivity index (χ1) is 11.0. The van der Waals surface area contributed by atoms with E-state index in [0.29, 0.717) is 11.8 Å². The van der Waals surface area contributed by atoms with E-state index in [1.807, 2.05) is 17.4 Å². The average molecular weight is 327 g/mol. The number of hydrogen-bond donors (Lipinski definition) is 0. The van der Waals surface area contributed by atoms with Gasteiger partial charge < -0.3 is 4.74 Å². The lowest BCUT2D eigenvalue weighted by Crippen LogP contribution is -2.09. The second-order valence-electron chi connectivity index (χ2n) is 7.20. The van der Waals surface area contributed by atoms with Crippen LogP contribution in [0.4, 0.5) is 0 Å². The molecular formula is C21H26OS. The summed E-state index contributed by atoms with van der Waals surface area (Å²) in [6.45, 7) is 9.32. The number of benzene rings is 2. The predicted octanol–water partition coefficient (Wildman–Crippen LogP) is 6.85. The number of fused-ring (bicyclic) bond motifs is 3. The Kier molecular flexibility index (Phi) is 4.63. The van der Waals surface area contributed by atoms with Crippen LogP contribution in [-0.2, 0) is 0 Å². The van der Waals surface area contributed by atoms with Gasteiger partial charge in [0.05, 0.1) is 7.11 Å². The second-order valence-corrected chi connectivity index (χ2v) is 8.28. The van der Waals surface area contributed by atoms with Crippen LogP contribution in [0.1, 0.15) is 45.6 Å². The Bertz CT molecular complexity index is 813. The third kappa shape index (κ3) is 3.23. The van der Waals surface area contributed by atoms with Gasteiger partial charge in [-0.2, -0.15) is 0 Å². The van der Waals surface area contributed by atoms with E-state index >= 15 is 0 Å². The van der Waals surface area contributed by atoms with Gasteiger partial charge in [-0.3, -0.25) is 0 Å². The number of ether oxygens (including phenoxy) is 1. The molecule has 0 N–H and O–H groups in total. The number of methoxy groups -OCH3 is 1. The van der Waals surface area contributed by atoms with Crippen LogP contribution in [0.2, 0.25) is 0 Å². The minimum absolute atomic E-state index is 0.638. The summed E-state index contributed by atoms with van der Waals surface area (Å²) >= 11 is 1.89. The largest absolute Gasteiger partial charge is 0.497 e. The van der Waals surface area contributed by atoms with Crippen LogP contribution in [0, 0.1) is 11.8 Å². The Morgan fingerprint density at radius 1 is 0.913 bits per heavy atom. The molecule has 3 aromatic rings. The van der Waals surface area contributed by atoms with E-state index in [1.54, 1.807) is 7.11 Å². The number of hydrogen-bond acceptors (Lipinski definition) is 2. The molecule has 1 aromatic heterocycles. The maximum absolute atomic E-state index is 5.38. The topological polar surface area (TPSA) is 9.23 Å². The lowest BCUT2D eigenvalue weighted by atomic mass is 9.82. The summed E-state index contributed by atoms with van der Waals surface area (Å²) in [6, 6.07) is 13.4. The van der Waals surface area contributed by atoms with Crippen LogP contribution in [0.3, 0.4) is 0 Å². The van der Waals surface area contributed by atoms with Gasteiger partial charge in [-0.15, -0.1) is 11.3 Å². The zero-order chi connectivity index (χ0) is 16.6. The van der Waals surface area contributed by atoms with Crippen LogP contribution in [0.25, 0.3) is 20.2 Å². The van der Waals surface area contributed by atoms with Crippen molar-refractivity contribution >= 4 is 31.5 Å². The summed E-state index contributed by atoms with van der Waals surface area (Å²) in [5, 5.41) is 2.65. The summed E-state index contributed by atoms with van der Waals surface area (Å²) in [4.78, 5) is 0. The van der Waals surface area contributed by atoms with Crippen molar-refractivity contribution in [2.75, 3.05) is 7.11 Å². The van der Waals surface area contributed by atoms with E-state index in [4.69, 9.17) is 4.74 Å². The second kappa shape index (κ2) is 6.52. The smallest absolute Gasteiger partial charge is 0.119 e. The molecule has 122 valence electrons. The third-order valence-electron chi connectivity index (χ3n) is 4.66.